The van der Waals surface area contributed by atoms with E-state index in [-0.39, 0.29) is 0 Å². The fourth-order valence-corrected chi connectivity index (χ4v) is 6.61. The molecule has 1 heterocycles. The maximum absolute atomic E-state index is 6.17. The van der Waals surface area contributed by atoms with Gasteiger partial charge in [0, 0.05) is 28.0 Å². The molecule has 8 aromatic carbocycles. The Labute approximate surface area is 267 Å². The number of nitrogens with zero attached hydrogens (tertiary/aromatic N) is 1. The molecule has 2 nitrogen and oxygen atoms in total. The maximum atomic E-state index is 6.17. The van der Waals surface area contributed by atoms with E-state index < -0.39 is 0 Å². The van der Waals surface area contributed by atoms with Crippen LogP contribution in [0.5, 0.6) is 0 Å². The van der Waals surface area contributed by atoms with Gasteiger partial charge in [0.25, 0.3) is 0 Å². The molecule has 0 unspecified atom stereocenters. The average Bonchev–Trinajstić information content (AvgIpc) is 3.56. The molecule has 46 heavy (non-hydrogen) atoms. The Morgan fingerprint density at radius 2 is 0.783 bits per heavy atom. The first-order valence-corrected chi connectivity index (χ1v) is 15.7. The van der Waals surface area contributed by atoms with Crippen LogP contribution in [-0.4, -0.2) is 0 Å². The van der Waals surface area contributed by atoms with Crippen LogP contribution in [0.25, 0.3) is 65.7 Å². The van der Waals surface area contributed by atoms with E-state index in [1.807, 2.05) is 18.2 Å². The van der Waals surface area contributed by atoms with E-state index in [1.165, 1.54) is 37.9 Å². The van der Waals surface area contributed by atoms with Crippen LogP contribution in [0.4, 0.5) is 17.1 Å². The number of fused-ring (bicyclic) bond motifs is 4. The van der Waals surface area contributed by atoms with Crippen molar-refractivity contribution in [2.24, 2.45) is 0 Å². The Balaban J connectivity index is 1.12. The molecule has 0 aliphatic heterocycles. The van der Waals surface area contributed by atoms with E-state index in [1.54, 1.807) is 0 Å². The molecule has 0 radical (unpaired) electrons. The topological polar surface area (TPSA) is 16.4 Å². The summed E-state index contributed by atoms with van der Waals surface area (Å²) in [7, 11) is 0. The first-order valence-electron chi connectivity index (χ1n) is 15.7. The summed E-state index contributed by atoms with van der Waals surface area (Å²) in [6.07, 6.45) is 0. The monoisotopic (exact) mass is 587 g/mol. The molecular weight excluding hydrogens is 558 g/mol. The highest BCUT2D eigenvalue weighted by atomic mass is 16.3. The SMILES string of the molecule is c1cc(-c2ccc3cc(N(c4ccc5ccccc5c4)c4ccc5ccccc5c4)ccc3c2)cc(-c2cc3ccccc3o2)c1. The number of para-hydroxylation sites is 1. The van der Waals surface area contributed by atoms with Crippen molar-refractivity contribution in [3.63, 3.8) is 0 Å². The molecule has 0 aliphatic rings. The van der Waals surface area contributed by atoms with Crippen molar-refractivity contribution in [2.45, 2.75) is 0 Å². The molecule has 0 N–H and O–H groups in total. The number of hydrogen-bond donors (Lipinski definition) is 0. The van der Waals surface area contributed by atoms with Crippen molar-refractivity contribution < 1.29 is 4.42 Å². The molecule has 0 atom stereocenters. The molecule has 9 rings (SSSR count). The van der Waals surface area contributed by atoms with Gasteiger partial charge in [0.1, 0.15) is 11.3 Å². The largest absolute Gasteiger partial charge is 0.456 e. The third kappa shape index (κ3) is 4.68. The second-order valence-corrected chi connectivity index (χ2v) is 11.9. The molecule has 0 bridgehead atoms. The van der Waals surface area contributed by atoms with E-state index >= 15 is 0 Å². The summed E-state index contributed by atoms with van der Waals surface area (Å²) in [5.41, 5.74) is 7.71. The Hall–Kier alpha value is -6.12. The molecule has 0 fully saturated rings. The summed E-state index contributed by atoms with van der Waals surface area (Å²) in [5.74, 6) is 0.885. The van der Waals surface area contributed by atoms with Gasteiger partial charge in [-0.05, 0) is 104 Å². The molecule has 0 amide bonds. The zero-order chi connectivity index (χ0) is 30.5. The van der Waals surface area contributed by atoms with Crippen molar-refractivity contribution >= 4 is 60.3 Å². The Bertz CT molecular complexity index is 2450. The van der Waals surface area contributed by atoms with Crippen LogP contribution in [0.15, 0.2) is 180 Å². The number of benzene rings is 8. The zero-order valence-electron chi connectivity index (χ0n) is 25.1. The smallest absolute Gasteiger partial charge is 0.135 e. The summed E-state index contributed by atoms with van der Waals surface area (Å²) >= 11 is 0. The molecule has 0 saturated heterocycles. The van der Waals surface area contributed by atoms with Crippen molar-refractivity contribution in [1.29, 1.82) is 0 Å². The van der Waals surface area contributed by atoms with Crippen molar-refractivity contribution in [1.82, 2.24) is 0 Å². The van der Waals surface area contributed by atoms with Crippen LogP contribution in [0.3, 0.4) is 0 Å². The van der Waals surface area contributed by atoms with Gasteiger partial charge < -0.3 is 9.32 Å². The third-order valence-corrected chi connectivity index (χ3v) is 8.97. The molecule has 9 aromatic rings. The molecule has 0 saturated carbocycles. The van der Waals surface area contributed by atoms with Gasteiger partial charge in [-0.1, -0.05) is 115 Å². The van der Waals surface area contributed by atoms with Gasteiger partial charge in [0.15, 0.2) is 0 Å². The lowest BCUT2D eigenvalue weighted by atomic mass is 9.98. The van der Waals surface area contributed by atoms with Gasteiger partial charge in [0.2, 0.25) is 0 Å². The minimum atomic E-state index is 0.885. The van der Waals surface area contributed by atoms with Crippen LogP contribution < -0.4 is 4.90 Å². The summed E-state index contributed by atoms with van der Waals surface area (Å²) in [6, 6.07) is 62.9. The van der Waals surface area contributed by atoms with Crippen molar-refractivity contribution in [2.75, 3.05) is 4.90 Å². The van der Waals surface area contributed by atoms with E-state index in [0.717, 1.165) is 44.9 Å². The normalized spacial score (nSPS) is 11.5. The van der Waals surface area contributed by atoms with E-state index in [0.29, 0.717) is 0 Å². The molecular formula is C44H29NO. The van der Waals surface area contributed by atoms with Crippen molar-refractivity contribution in [3.8, 4) is 22.5 Å². The quantitative estimate of drug-likeness (QED) is 0.199. The minimum absolute atomic E-state index is 0.885. The first kappa shape index (κ1) is 26.3. The fourth-order valence-electron chi connectivity index (χ4n) is 6.61. The zero-order valence-corrected chi connectivity index (χ0v) is 25.1. The average molecular weight is 588 g/mol. The predicted molar refractivity (Wildman–Crippen MR) is 194 cm³/mol. The second-order valence-electron chi connectivity index (χ2n) is 11.9. The second kappa shape index (κ2) is 10.8. The van der Waals surface area contributed by atoms with Crippen molar-refractivity contribution in [3.05, 3.63) is 176 Å². The fraction of sp³-hybridized carbons (Fsp3) is 0. The van der Waals surface area contributed by atoms with Crippen LogP contribution in [-0.2, 0) is 0 Å². The Morgan fingerprint density at radius 3 is 1.43 bits per heavy atom. The van der Waals surface area contributed by atoms with Gasteiger partial charge >= 0.3 is 0 Å². The van der Waals surface area contributed by atoms with Gasteiger partial charge in [0.05, 0.1) is 0 Å². The number of anilines is 3. The number of hydrogen-bond acceptors (Lipinski definition) is 2. The lowest BCUT2D eigenvalue weighted by Crippen LogP contribution is -2.10. The Kier molecular flexibility index (Phi) is 6.17. The summed E-state index contributed by atoms with van der Waals surface area (Å²) in [6.45, 7) is 0. The standard InChI is InChI=1S/C44H29NO/c1-3-10-33-26-40(21-18-30(33)8-1)45(41-22-19-31-9-2-4-11-34(31)27-41)42-23-20-36-24-35(16-17-37(36)28-42)32-13-7-14-38(25-32)44-29-39-12-5-6-15-43(39)46-44/h1-29H. The molecule has 0 spiro atoms. The van der Waals surface area contributed by atoms with Gasteiger partial charge in [-0.2, -0.15) is 0 Å². The van der Waals surface area contributed by atoms with Crippen LogP contribution in [0.2, 0.25) is 0 Å². The third-order valence-electron chi connectivity index (χ3n) is 8.97. The number of rotatable bonds is 5. The van der Waals surface area contributed by atoms with Gasteiger partial charge in [-0.25, -0.2) is 0 Å². The Morgan fingerprint density at radius 1 is 0.304 bits per heavy atom. The highest BCUT2D eigenvalue weighted by Gasteiger charge is 2.15. The summed E-state index contributed by atoms with van der Waals surface area (Å²) < 4.78 is 6.17. The van der Waals surface area contributed by atoms with E-state index in [2.05, 4.69) is 163 Å². The minimum Gasteiger partial charge on any atom is -0.456 e. The predicted octanol–water partition coefficient (Wildman–Crippen LogP) is 12.7. The highest BCUT2D eigenvalue weighted by molar-refractivity contribution is 5.96. The molecule has 1 aromatic heterocycles. The van der Waals surface area contributed by atoms with Crippen LogP contribution >= 0.6 is 0 Å². The van der Waals surface area contributed by atoms with E-state index in [9.17, 15) is 0 Å². The maximum Gasteiger partial charge on any atom is 0.135 e. The summed E-state index contributed by atoms with van der Waals surface area (Å²) in [5, 5.41) is 8.43. The molecule has 0 aliphatic carbocycles. The van der Waals surface area contributed by atoms with Gasteiger partial charge in [-0.3, -0.25) is 0 Å². The molecule has 2 heteroatoms. The highest BCUT2D eigenvalue weighted by Crippen LogP contribution is 2.39. The molecule has 216 valence electrons. The van der Waals surface area contributed by atoms with Crippen LogP contribution in [0.1, 0.15) is 0 Å². The van der Waals surface area contributed by atoms with Gasteiger partial charge in [-0.15, -0.1) is 0 Å². The summed E-state index contributed by atoms with van der Waals surface area (Å²) in [4.78, 5) is 2.36. The lowest BCUT2D eigenvalue weighted by molar-refractivity contribution is 0.631. The lowest BCUT2D eigenvalue weighted by Gasteiger charge is -2.26. The number of furan rings is 1. The van der Waals surface area contributed by atoms with Crippen LogP contribution in [0, 0.1) is 0 Å². The van der Waals surface area contributed by atoms with E-state index in [4.69, 9.17) is 4.42 Å². The first-order chi connectivity index (χ1) is 22.7.